The van der Waals surface area contributed by atoms with Crippen LogP contribution in [-0.4, -0.2) is 29.1 Å². The molecule has 0 saturated carbocycles. The van der Waals surface area contributed by atoms with Crippen LogP contribution in [0.4, 0.5) is 4.39 Å². The van der Waals surface area contributed by atoms with Crippen molar-refractivity contribution in [3.8, 4) is 0 Å². The van der Waals surface area contributed by atoms with Crippen molar-refractivity contribution in [3.05, 3.63) is 34.1 Å². The second-order valence-electron chi connectivity index (χ2n) is 5.09. The quantitative estimate of drug-likeness (QED) is 0.919. The van der Waals surface area contributed by atoms with E-state index >= 15 is 0 Å². The Balaban J connectivity index is 2.04. The first-order valence-corrected chi connectivity index (χ1v) is 7.17. The van der Waals surface area contributed by atoms with Crippen LogP contribution >= 0.6 is 15.9 Å². The number of carboxylic acids is 1. The van der Waals surface area contributed by atoms with Gasteiger partial charge in [0.1, 0.15) is 5.82 Å². The maximum absolute atomic E-state index is 13.1. The zero-order valence-electron chi connectivity index (χ0n) is 10.8. The Hall–Kier alpha value is -0.940. The van der Waals surface area contributed by atoms with E-state index < -0.39 is 5.97 Å². The predicted molar refractivity (Wildman–Crippen MR) is 74.4 cm³/mol. The Morgan fingerprint density at radius 3 is 3.00 bits per heavy atom. The van der Waals surface area contributed by atoms with Gasteiger partial charge in [-0.25, -0.2) is 4.39 Å². The summed E-state index contributed by atoms with van der Waals surface area (Å²) in [4.78, 5) is 13.0. The first-order chi connectivity index (χ1) is 8.97. The lowest BCUT2D eigenvalue weighted by molar-refractivity contribution is -0.138. The summed E-state index contributed by atoms with van der Waals surface area (Å²) in [5.41, 5.74) is 1.04. The van der Waals surface area contributed by atoms with Crippen LogP contribution in [0.1, 0.15) is 31.4 Å². The molecule has 1 fully saturated rings. The number of rotatable bonds is 4. The molecule has 2 atom stereocenters. The third-order valence-corrected chi connectivity index (χ3v) is 4.43. The summed E-state index contributed by atoms with van der Waals surface area (Å²) in [5.74, 6) is -0.769. The predicted octanol–water partition coefficient (Wildman–Crippen LogP) is 3.45. The van der Waals surface area contributed by atoms with Gasteiger partial charge in [-0.15, -0.1) is 0 Å². The molecule has 1 N–H and O–H groups in total. The summed E-state index contributed by atoms with van der Waals surface area (Å²) >= 11 is 3.39. The molecule has 1 aromatic carbocycles. The maximum Gasteiger partial charge on any atom is 0.303 e. The summed E-state index contributed by atoms with van der Waals surface area (Å²) in [7, 11) is 0. The third kappa shape index (κ3) is 3.54. The molecule has 0 radical (unpaired) electrons. The molecule has 1 heterocycles. The molecular weight excluding hydrogens is 313 g/mol. The highest BCUT2D eigenvalue weighted by atomic mass is 79.9. The first-order valence-electron chi connectivity index (χ1n) is 6.38. The Kier molecular flexibility index (Phi) is 4.58. The van der Waals surface area contributed by atoms with Crippen molar-refractivity contribution < 1.29 is 14.3 Å². The molecule has 3 nitrogen and oxygen atoms in total. The third-order valence-electron chi connectivity index (χ3n) is 3.74. The molecule has 0 amide bonds. The number of carbonyl (C=O) groups is 1. The fourth-order valence-electron chi connectivity index (χ4n) is 2.66. The zero-order chi connectivity index (χ0) is 14.0. The van der Waals surface area contributed by atoms with Crippen molar-refractivity contribution in [2.75, 3.05) is 13.1 Å². The lowest BCUT2D eigenvalue weighted by Gasteiger charge is -2.25. The van der Waals surface area contributed by atoms with Crippen molar-refractivity contribution in [1.29, 1.82) is 0 Å². The van der Waals surface area contributed by atoms with Crippen molar-refractivity contribution in [1.82, 2.24) is 4.90 Å². The Morgan fingerprint density at radius 2 is 2.37 bits per heavy atom. The average Bonchev–Trinajstić information content (AvgIpc) is 2.75. The van der Waals surface area contributed by atoms with Gasteiger partial charge in [-0.3, -0.25) is 9.69 Å². The second kappa shape index (κ2) is 6.01. The highest BCUT2D eigenvalue weighted by molar-refractivity contribution is 9.10. The number of hydrogen-bond acceptors (Lipinski definition) is 2. The molecule has 0 aromatic heterocycles. The molecule has 0 aliphatic carbocycles. The minimum Gasteiger partial charge on any atom is -0.481 e. The van der Waals surface area contributed by atoms with Crippen LogP contribution in [0.5, 0.6) is 0 Å². The van der Waals surface area contributed by atoms with Crippen LogP contribution in [0.2, 0.25) is 0 Å². The van der Waals surface area contributed by atoms with Crippen LogP contribution in [0.25, 0.3) is 0 Å². The van der Waals surface area contributed by atoms with Gasteiger partial charge < -0.3 is 5.11 Å². The monoisotopic (exact) mass is 329 g/mol. The van der Waals surface area contributed by atoms with Gasteiger partial charge in [0.15, 0.2) is 0 Å². The van der Waals surface area contributed by atoms with Crippen LogP contribution in [0.3, 0.4) is 0 Å². The molecule has 1 saturated heterocycles. The van der Waals surface area contributed by atoms with Gasteiger partial charge in [-0.05, 0) is 43.5 Å². The van der Waals surface area contributed by atoms with E-state index in [4.69, 9.17) is 5.11 Å². The summed E-state index contributed by atoms with van der Waals surface area (Å²) in [6.45, 7) is 3.75. The summed E-state index contributed by atoms with van der Waals surface area (Å²) in [5, 5.41) is 8.82. The fraction of sp³-hybridized carbons (Fsp3) is 0.500. The van der Waals surface area contributed by atoms with E-state index in [1.54, 1.807) is 6.07 Å². The van der Waals surface area contributed by atoms with E-state index in [1.165, 1.54) is 12.1 Å². The summed E-state index contributed by atoms with van der Waals surface area (Å²) < 4.78 is 13.9. The number of halogens is 2. The van der Waals surface area contributed by atoms with E-state index in [9.17, 15) is 9.18 Å². The van der Waals surface area contributed by atoms with Crippen molar-refractivity contribution in [2.45, 2.75) is 25.8 Å². The van der Waals surface area contributed by atoms with Gasteiger partial charge >= 0.3 is 5.97 Å². The van der Waals surface area contributed by atoms with E-state index in [0.717, 1.165) is 29.5 Å². The number of benzene rings is 1. The fourth-order valence-corrected chi connectivity index (χ4v) is 3.35. The molecular formula is C14H17BrFNO2. The second-order valence-corrected chi connectivity index (χ2v) is 5.94. The largest absolute Gasteiger partial charge is 0.481 e. The Morgan fingerprint density at radius 1 is 1.63 bits per heavy atom. The summed E-state index contributed by atoms with van der Waals surface area (Å²) in [6.07, 6.45) is 1.14. The molecule has 1 aliphatic heterocycles. The smallest absolute Gasteiger partial charge is 0.303 e. The number of likely N-dealkylation sites (tertiary alicyclic amines) is 1. The molecule has 19 heavy (non-hydrogen) atoms. The number of aliphatic carboxylic acids is 1. The van der Waals surface area contributed by atoms with Crippen LogP contribution in [0.15, 0.2) is 22.7 Å². The summed E-state index contributed by atoms with van der Waals surface area (Å²) in [6, 6.07) is 4.88. The lowest BCUT2D eigenvalue weighted by atomic mass is 10.0. The van der Waals surface area contributed by atoms with Gasteiger partial charge in [0.05, 0.1) is 0 Å². The average molecular weight is 330 g/mol. The Labute approximate surface area is 120 Å². The topological polar surface area (TPSA) is 40.5 Å². The molecule has 0 spiro atoms. The highest BCUT2D eigenvalue weighted by Gasteiger charge is 2.28. The van der Waals surface area contributed by atoms with Crippen molar-refractivity contribution >= 4 is 21.9 Å². The van der Waals surface area contributed by atoms with Gasteiger partial charge in [0.25, 0.3) is 0 Å². The normalized spacial score (nSPS) is 21.5. The number of hydrogen-bond donors (Lipinski definition) is 1. The van der Waals surface area contributed by atoms with E-state index in [1.807, 2.05) is 0 Å². The van der Waals surface area contributed by atoms with E-state index in [-0.39, 0.29) is 24.2 Å². The molecule has 1 aliphatic rings. The first kappa shape index (κ1) is 14.5. The molecule has 2 rings (SSSR count). The van der Waals surface area contributed by atoms with Crippen molar-refractivity contribution in [3.63, 3.8) is 0 Å². The van der Waals surface area contributed by atoms with Crippen molar-refractivity contribution in [2.24, 2.45) is 5.92 Å². The van der Waals surface area contributed by atoms with E-state index in [0.29, 0.717) is 0 Å². The number of carboxylic acid groups (broad SMARTS) is 1. The minimum atomic E-state index is -0.734. The standard InChI is InChI=1S/C14H17BrFNO2/c1-9(12-3-2-11(16)7-13(12)15)17-5-4-10(8-17)6-14(18)19/h2-3,7,9-10H,4-6,8H2,1H3,(H,18,19). The molecule has 1 aromatic rings. The molecule has 104 valence electrons. The van der Waals surface area contributed by atoms with Crippen LogP contribution in [-0.2, 0) is 4.79 Å². The van der Waals surface area contributed by atoms with Gasteiger partial charge in [0, 0.05) is 23.5 Å². The van der Waals surface area contributed by atoms with Crippen LogP contribution in [0, 0.1) is 11.7 Å². The van der Waals surface area contributed by atoms with Gasteiger partial charge in [-0.1, -0.05) is 22.0 Å². The molecule has 5 heteroatoms. The zero-order valence-corrected chi connectivity index (χ0v) is 12.4. The minimum absolute atomic E-state index is 0.161. The highest BCUT2D eigenvalue weighted by Crippen LogP contribution is 2.32. The van der Waals surface area contributed by atoms with Crippen LogP contribution < -0.4 is 0 Å². The maximum atomic E-state index is 13.1. The SMILES string of the molecule is CC(c1ccc(F)cc1Br)N1CCC(CC(=O)O)C1. The van der Waals surface area contributed by atoms with E-state index in [2.05, 4.69) is 27.8 Å². The van der Waals surface area contributed by atoms with Gasteiger partial charge in [-0.2, -0.15) is 0 Å². The number of nitrogens with zero attached hydrogens (tertiary/aromatic N) is 1. The molecule has 2 unspecified atom stereocenters. The molecule has 0 bridgehead atoms. The lowest BCUT2D eigenvalue weighted by Crippen LogP contribution is -2.25. The van der Waals surface area contributed by atoms with Gasteiger partial charge in [0.2, 0.25) is 0 Å². The Bertz CT molecular complexity index is 481.